The van der Waals surface area contributed by atoms with Crippen LogP contribution in [0, 0.1) is 0 Å². The Balaban J connectivity index is 1.52. The van der Waals surface area contributed by atoms with Crippen molar-refractivity contribution in [2.75, 3.05) is 20.8 Å². The van der Waals surface area contributed by atoms with Gasteiger partial charge in [-0.15, -0.1) is 0 Å². The van der Waals surface area contributed by atoms with E-state index in [1.807, 2.05) is 65.6 Å². The molecule has 0 unspecified atom stereocenters. The average Bonchev–Trinajstić information content (AvgIpc) is 2.87. The van der Waals surface area contributed by atoms with E-state index in [-0.39, 0.29) is 17.9 Å². The number of carbonyl (C=O) groups is 2. The third kappa shape index (κ3) is 3.61. The fourth-order valence-corrected chi connectivity index (χ4v) is 5.07. The van der Waals surface area contributed by atoms with Gasteiger partial charge in [0.25, 0.3) is 5.91 Å². The van der Waals surface area contributed by atoms with Gasteiger partial charge >= 0.3 is 0 Å². The summed E-state index contributed by atoms with van der Waals surface area (Å²) >= 11 is 0. The molecule has 0 saturated heterocycles. The molecule has 0 spiro atoms. The number of carbonyl (C=O) groups excluding carboxylic acids is 2. The molecule has 2 aliphatic rings. The van der Waals surface area contributed by atoms with Crippen LogP contribution in [0.5, 0.6) is 11.5 Å². The smallest absolute Gasteiger partial charge is 0.254 e. The first-order valence-electron chi connectivity index (χ1n) is 11.1. The van der Waals surface area contributed by atoms with Gasteiger partial charge in [-0.3, -0.25) is 9.59 Å². The molecule has 1 N–H and O–H groups in total. The molecule has 0 fully saturated rings. The molecule has 6 heteroatoms. The maximum atomic E-state index is 13.7. The number of methoxy groups -OCH3 is 2. The van der Waals surface area contributed by atoms with E-state index in [0.29, 0.717) is 30.2 Å². The Labute approximate surface area is 193 Å². The van der Waals surface area contributed by atoms with Gasteiger partial charge in [0, 0.05) is 24.2 Å². The first-order valence-corrected chi connectivity index (χ1v) is 11.1. The van der Waals surface area contributed by atoms with Crippen LogP contribution in [0.4, 0.5) is 0 Å². The van der Waals surface area contributed by atoms with Gasteiger partial charge in [-0.2, -0.15) is 0 Å². The van der Waals surface area contributed by atoms with E-state index in [2.05, 4.69) is 11.4 Å². The standard InChI is InChI=1S/C27H26N2O4/c1-32-19-11-12-23(33-2)18(15-19)16-28-26(30)24-21-9-5-6-10-22(21)27(31)29-14-13-17-7-3-4-8-20(17)25(24)29/h3-12,15,24-25H,13-14,16H2,1-2H3,(H,28,30)/t24-,25-/m0/s1. The van der Waals surface area contributed by atoms with Crippen LogP contribution in [0.2, 0.25) is 0 Å². The molecule has 3 aromatic carbocycles. The molecule has 2 heterocycles. The number of fused-ring (bicyclic) bond motifs is 4. The minimum absolute atomic E-state index is 0.0105. The molecule has 2 amide bonds. The second-order valence-corrected chi connectivity index (χ2v) is 8.35. The predicted octanol–water partition coefficient (Wildman–Crippen LogP) is 3.86. The summed E-state index contributed by atoms with van der Waals surface area (Å²) in [5.41, 5.74) is 4.44. The lowest BCUT2D eigenvalue weighted by Gasteiger charge is -2.45. The van der Waals surface area contributed by atoms with E-state index in [0.717, 1.165) is 23.1 Å². The van der Waals surface area contributed by atoms with Crippen LogP contribution < -0.4 is 14.8 Å². The van der Waals surface area contributed by atoms with Gasteiger partial charge in [0.2, 0.25) is 5.91 Å². The maximum absolute atomic E-state index is 13.7. The lowest BCUT2D eigenvalue weighted by molar-refractivity contribution is -0.124. The molecular weight excluding hydrogens is 416 g/mol. The summed E-state index contributed by atoms with van der Waals surface area (Å²) in [6.07, 6.45) is 0.788. The molecule has 0 radical (unpaired) electrons. The maximum Gasteiger partial charge on any atom is 0.254 e. The van der Waals surface area contributed by atoms with Gasteiger partial charge in [0.15, 0.2) is 0 Å². The summed E-state index contributed by atoms with van der Waals surface area (Å²) in [5.74, 6) is 0.744. The molecular formula is C27H26N2O4. The van der Waals surface area contributed by atoms with Gasteiger partial charge in [-0.1, -0.05) is 42.5 Å². The molecule has 5 rings (SSSR count). The highest BCUT2D eigenvalue weighted by Crippen LogP contribution is 2.45. The summed E-state index contributed by atoms with van der Waals surface area (Å²) in [4.78, 5) is 28.9. The first-order chi connectivity index (χ1) is 16.1. The number of nitrogens with one attached hydrogen (secondary N) is 1. The van der Waals surface area contributed by atoms with E-state index in [9.17, 15) is 9.59 Å². The average molecular weight is 443 g/mol. The van der Waals surface area contributed by atoms with Crippen LogP contribution in [0.3, 0.4) is 0 Å². The number of amides is 2. The summed E-state index contributed by atoms with van der Waals surface area (Å²) < 4.78 is 10.8. The highest BCUT2D eigenvalue weighted by molar-refractivity contribution is 6.01. The van der Waals surface area contributed by atoms with Crippen LogP contribution in [0.15, 0.2) is 66.7 Å². The van der Waals surface area contributed by atoms with Crippen molar-refractivity contribution < 1.29 is 19.1 Å². The minimum Gasteiger partial charge on any atom is -0.497 e. The Morgan fingerprint density at radius 1 is 1.00 bits per heavy atom. The molecule has 6 nitrogen and oxygen atoms in total. The van der Waals surface area contributed by atoms with Gasteiger partial charge in [-0.05, 0) is 47.4 Å². The number of ether oxygens (including phenoxy) is 2. The molecule has 0 bridgehead atoms. The van der Waals surface area contributed by atoms with E-state index < -0.39 is 5.92 Å². The molecule has 3 aromatic rings. The molecule has 0 saturated carbocycles. The molecule has 2 aliphatic heterocycles. The monoisotopic (exact) mass is 442 g/mol. The first kappa shape index (κ1) is 21.1. The van der Waals surface area contributed by atoms with Crippen LogP contribution >= 0.6 is 0 Å². The molecule has 0 aliphatic carbocycles. The Kier molecular flexibility index (Phi) is 5.50. The predicted molar refractivity (Wildman–Crippen MR) is 124 cm³/mol. The minimum atomic E-state index is -0.503. The third-order valence-electron chi connectivity index (χ3n) is 6.66. The summed E-state index contributed by atoms with van der Waals surface area (Å²) in [6, 6.07) is 20.8. The van der Waals surface area contributed by atoms with Crippen molar-refractivity contribution in [3.05, 3.63) is 94.5 Å². The van der Waals surface area contributed by atoms with Crippen LogP contribution in [-0.4, -0.2) is 37.5 Å². The fraction of sp³-hybridized carbons (Fsp3) is 0.259. The van der Waals surface area contributed by atoms with Crippen LogP contribution in [0.1, 0.15) is 44.6 Å². The van der Waals surface area contributed by atoms with E-state index in [4.69, 9.17) is 9.47 Å². The van der Waals surface area contributed by atoms with E-state index in [1.54, 1.807) is 14.2 Å². The Hall–Kier alpha value is -3.80. The summed E-state index contributed by atoms with van der Waals surface area (Å²) in [6.45, 7) is 0.891. The number of nitrogens with zero attached hydrogens (tertiary/aromatic N) is 1. The van der Waals surface area contributed by atoms with Crippen molar-refractivity contribution in [3.8, 4) is 11.5 Å². The molecule has 2 atom stereocenters. The zero-order chi connectivity index (χ0) is 22.9. The normalized spacial score (nSPS) is 18.6. The van der Waals surface area contributed by atoms with Gasteiger partial charge < -0.3 is 19.7 Å². The van der Waals surface area contributed by atoms with Crippen LogP contribution in [0.25, 0.3) is 0 Å². The highest BCUT2D eigenvalue weighted by atomic mass is 16.5. The van der Waals surface area contributed by atoms with Crippen molar-refractivity contribution in [2.24, 2.45) is 0 Å². The number of hydrogen-bond acceptors (Lipinski definition) is 4. The highest BCUT2D eigenvalue weighted by Gasteiger charge is 2.46. The molecule has 168 valence electrons. The van der Waals surface area contributed by atoms with Crippen molar-refractivity contribution in [2.45, 2.75) is 24.9 Å². The van der Waals surface area contributed by atoms with Crippen molar-refractivity contribution in [3.63, 3.8) is 0 Å². The van der Waals surface area contributed by atoms with Crippen molar-refractivity contribution in [1.29, 1.82) is 0 Å². The zero-order valence-corrected chi connectivity index (χ0v) is 18.7. The van der Waals surface area contributed by atoms with Crippen molar-refractivity contribution in [1.82, 2.24) is 10.2 Å². The summed E-state index contributed by atoms with van der Waals surface area (Å²) in [7, 11) is 3.21. The van der Waals surface area contributed by atoms with Crippen molar-refractivity contribution >= 4 is 11.8 Å². The van der Waals surface area contributed by atoms with Crippen LogP contribution in [-0.2, 0) is 17.8 Å². The molecule has 0 aromatic heterocycles. The Bertz CT molecular complexity index is 1220. The largest absolute Gasteiger partial charge is 0.497 e. The van der Waals surface area contributed by atoms with E-state index >= 15 is 0 Å². The third-order valence-corrected chi connectivity index (χ3v) is 6.66. The molecule has 33 heavy (non-hydrogen) atoms. The topological polar surface area (TPSA) is 67.9 Å². The van der Waals surface area contributed by atoms with Gasteiger partial charge in [0.1, 0.15) is 11.5 Å². The quantitative estimate of drug-likeness (QED) is 0.652. The lowest BCUT2D eigenvalue weighted by atomic mass is 9.76. The lowest BCUT2D eigenvalue weighted by Crippen LogP contribution is -2.50. The number of rotatable bonds is 5. The van der Waals surface area contributed by atoms with E-state index in [1.165, 1.54) is 5.56 Å². The Morgan fingerprint density at radius 2 is 1.76 bits per heavy atom. The SMILES string of the molecule is COc1ccc(OC)c(CNC(=O)[C@H]2c3ccccc3C(=O)N3CCc4ccccc4[C@@H]23)c1. The second-order valence-electron chi connectivity index (χ2n) is 8.35. The zero-order valence-electron chi connectivity index (χ0n) is 18.7. The number of benzene rings is 3. The summed E-state index contributed by atoms with van der Waals surface area (Å²) in [5, 5.41) is 3.10. The Morgan fingerprint density at radius 3 is 2.55 bits per heavy atom. The van der Waals surface area contributed by atoms with Gasteiger partial charge in [0.05, 0.1) is 26.2 Å². The fourth-order valence-electron chi connectivity index (χ4n) is 5.07. The van der Waals surface area contributed by atoms with Gasteiger partial charge in [-0.25, -0.2) is 0 Å². The number of hydrogen-bond donors (Lipinski definition) is 1. The second kappa shape index (κ2) is 8.62.